The van der Waals surface area contributed by atoms with E-state index in [9.17, 15) is 9.50 Å². The molecule has 126 valence electrons. The van der Waals surface area contributed by atoms with Crippen LogP contribution in [0.4, 0.5) is 10.1 Å². The van der Waals surface area contributed by atoms with Gasteiger partial charge in [0.1, 0.15) is 23.2 Å². The van der Waals surface area contributed by atoms with Crippen LogP contribution in [-0.2, 0) is 0 Å². The maximum Gasteiger partial charge on any atom is 0.145 e. The monoisotopic (exact) mass is 356 g/mol. The molecule has 0 radical (unpaired) electrons. The molecule has 0 unspecified atom stereocenters. The second kappa shape index (κ2) is 5.60. The molecule has 2 heterocycles. The van der Waals surface area contributed by atoms with Gasteiger partial charge < -0.3 is 15.0 Å². The number of aromatic amines is 1. The summed E-state index contributed by atoms with van der Waals surface area (Å²) in [5.41, 5.74) is 3.08. The molecule has 0 fully saturated rings. The Morgan fingerprint density at radius 2 is 2.08 bits per heavy atom. The van der Waals surface area contributed by atoms with Gasteiger partial charge in [-0.25, -0.2) is 9.37 Å². The number of H-pyrrole nitrogens is 1. The van der Waals surface area contributed by atoms with Crippen molar-refractivity contribution in [2.75, 3.05) is 11.4 Å². The number of amidine groups is 1. The number of aryl methyl sites for hydroxylation is 1. The Bertz CT molecular complexity index is 1060. The van der Waals surface area contributed by atoms with Crippen LogP contribution in [0.5, 0.6) is 0 Å². The zero-order chi connectivity index (χ0) is 17.7. The SMILES string of the molecule is Cc1ccc(Cl)cc1N1CC(O)=C(c2nc3ccc(F)cc3[nH]2)C1=N. The van der Waals surface area contributed by atoms with Gasteiger partial charge >= 0.3 is 0 Å². The quantitative estimate of drug-likeness (QED) is 0.635. The van der Waals surface area contributed by atoms with Gasteiger partial charge in [-0.2, -0.15) is 0 Å². The Kier molecular flexibility index (Phi) is 3.51. The van der Waals surface area contributed by atoms with Gasteiger partial charge in [0.15, 0.2) is 0 Å². The number of imidazole rings is 1. The third-order valence-corrected chi connectivity index (χ3v) is 4.48. The second-order valence-electron chi connectivity index (χ2n) is 5.93. The van der Waals surface area contributed by atoms with E-state index in [0.717, 1.165) is 11.3 Å². The number of hydrogen-bond donors (Lipinski definition) is 3. The van der Waals surface area contributed by atoms with Crippen LogP contribution in [-0.4, -0.2) is 27.5 Å². The lowest BCUT2D eigenvalue weighted by molar-refractivity contribution is 0.411. The summed E-state index contributed by atoms with van der Waals surface area (Å²) in [4.78, 5) is 9.01. The van der Waals surface area contributed by atoms with Crippen LogP contribution in [0.3, 0.4) is 0 Å². The second-order valence-corrected chi connectivity index (χ2v) is 6.37. The Morgan fingerprint density at radius 3 is 2.88 bits per heavy atom. The molecule has 3 N–H and O–H groups in total. The third kappa shape index (κ3) is 2.55. The van der Waals surface area contributed by atoms with E-state index in [2.05, 4.69) is 9.97 Å². The first-order valence-corrected chi connectivity index (χ1v) is 8.02. The highest BCUT2D eigenvalue weighted by Gasteiger charge is 2.32. The van der Waals surface area contributed by atoms with E-state index >= 15 is 0 Å². The van der Waals surface area contributed by atoms with E-state index < -0.39 is 0 Å². The van der Waals surface area contributed by atoms with Crippen molar-refractivity contribution < 1.29 is 9.50 Å². The molecule has 25 heavy (non-hydrogen) atoms. The van der Waals surface area contributed by atoms with Crippen molar-refractivity contribution in [2.24, 2.45) is 0 Å². The normalized spacial score (nSPS) is 14.8. The van der Waals surface area contributed by atoms with Gasteiger partial charge in [-0.15, -0.1) is 0 Å². The van der Waals surface area contributed by atoms with Crippen LogP contribution in [0, 0.1) is 18.2 Å². The number of benzene rings is 2. The van der Waals surface area contributed by atoms with Crippen LogP contribution in [0.2, 0.25) is 5.02 Å². The Morgan fingerprint density at radius 1 is 1.28 bits per heavy atom. The summed E-state index contributed by atoms with van der Waals surface area (Å²) in [5.74, 6) is 0.107. The molecule has 0 amide bonds. The summed E-state index contributed by atoms with van der Waals surface area (Å²) in [6, 6.07) is 9.62. The molecule has 1 aliphatic heterocycles. The number of nitrogens with zero attached hydrogens (tertiary/aromatic N) is 2. The average Bonchev–Trinajstić information content (AvgIpc) is 3.09. The molecule has 3 aromatic rings. The summed E-state index contributed by atoms with van der Waals surface area (Å²) in [6.07, 6.45) is 0. The molecular formula is C18H14ClFN4O. The summed E-state index contributed by atoms with van der Waals surface area (Å²) in [6.45, 7) is 2.07. The molecule has 1 aromatic heterocycles. The van der Waals surface area contributed by atoms with Crippen molar-refractivity contribution in [3.05, 3.63) is 64.4 Å². The molecule has 5 nitrogen and oxygen atoms in total. The number of halogens is 2. The summed E-state index contributed by atoms with van der Waals surface area (Å²) >= 11 is 6.07. The molecule has 0 spiro atoms. The maximum absolute atomic E-state index is 13.4. The topological polar surface area (TPSA) is 76.0 Å². The molecule has 0 aliphatic carbocycles. The first kappa shape index (κ1) is 15.7. The number of anilines is 1. The first-order chi connectivity index (χ1) is 11.9. The minimum Gasteiger partial charge on any atom is -0.509 e. The number of aliphatic hydroxyl groups is 1. The van der Waals surface area contributed by atoms with Crippen molar-refractivity contribution in [3.63, 3.8) is 0 Å². The van der Waals surface area contributed by atoms with Gasteiger partial charge in [-0.3, -0.25) is 5.41 Å². The molecule has 7 heteroatoms. The fourth-order valence-corrected chi connectivity index (χ4v) is 3.17. The first-order valence-electron chi connectivity index (χ1n) is 7.64. The van der Waals surface area contributed by atoms with E-state index in [1.54, 1.807) is 23.1 Å². The van der Waals surface area contributed by atoms with Gasteiger partial charge in [0, 0.05) is 10.7 Å². The molecule has 2 aromatic carbocycles. The third-order valence-electron chi connectivity index (χ3n) is 4.25. The average molecular weight is 357 g/mol. The van der Waals surface area contributed by atoms with Crippen molar-refractivity contribution in [3.8, 4) is 0 Å². The highest BCUT2D eigenvalue weighted by atomic mass is 35.5. The molecular weight excluding hydrogens is 343 g/mol. The van der Waals surface area contributed by atoms with E-state index in [0.29, 0.717) is 27.5 Å². The van der Waals surface area contributed by atoms with Crippen LogP contribution < -0.4 is 4.90 Å². The number of nitrogens with one attached hydrogen (secondary N) is 2. The summed E-state index contributed by atoms with van der Waals surface area (Å²) in [7, 11) is 0. The summed E-state index contributed by atoms with van der Waals surface area (Å²) < 4.78 is 13.4. The lowest BCUT2D eigenvalue weighted by atomic mass is 10.1. The number of aromatic nitrogens is 2. The van der Waals surface area contributed by atoms with E-state index in [1.807, 2.05) is 13.0 Å². The van der Waals surface area contributed by atoms with Crippen molar-refractivity contribution in [1.29, 1.82) is 5.41 Å². The Hall–Kier alpha value is -2.86. The number of hydrogen-bond acceptors (Lipinski definition) is 3. The predicted octanol–water partition coefficient (Wildman–Crippen LogP) is 4.43. The van der Waals surface area contributed by atoms with Gasteiger partial charge in [-0.1, -0.05) is 17.7 Å². The highest BCUT2D eigenvalue weighted by molar-refractivity contribution is 6.32. The van der Waals surface area contributed by atoms with Gasteiger partial charge in [0.2, 0.25) is 0 Å². The lowest BCUT2D eigenvalue weighted by Gasteiger charge is -2.21. The van der Waals surface area contributed by atoms with Gasteiger partial charge in [0.25, 0.3) is 0 Å². The smallest absolute Gasteiger partial charge is 0.145 e. The molecule has 4 rings (SSSR count). The van der Waals surface area contributed by atoms with Gasteiger partial charge in [-0.05, 0) is 42.8 Å². The maximum atomic E-state index is 13.4. The zero-order valence-corrected chi connectivity index (χ0v) is 14.0. The van der Waals surface area contributed by atoms with E-state index in [-0.39, 0.29) is 24.0 Å². The molecule has 0 saturated heterocycles. The van der Waals surface area contributed by atoms with Gasteiger partial charge in [0.05, 0.1) is 23.2 Å². The largest absolute Gasteiger partial charge is 0.509 e. The fourth-order valence-electron chi connectivity index (χ4n) is 3.01. The zero-order valence-electron chi connectivity index (χ0n) is 13.3. The Labute approximate surface area is 147 Å². The molecule has 0 saturated carbocycles. The number of aliphatic hydroxyl groups excluding tert-OH is 1. The fraction of sp³-hybridized carbons (Fsp3) is 0.111. The predicted molar refractivity (Wildman–Crippen MR) is 96.9 cm³/mol. The van der Waals surface area contributed by atoms with Crippen LogP contribution >= 0.6 is 11.6 Å². The number of rotatable bonds is 2. The standard InChI is InChI=1S/C18H14ClFN4O/c1-9-2-3-10(19)6-14(9)24-8-15(25)16(17(24)21)18-22-12-5-4-11(20)7-13(12)23-18/h2-7,21,25H,8H2,1H3,(H,22,23). The van der Waals surface area contributed by atoms with Crippen LogP contribution in [0.25, 0.3) is 16.6 Å². The van der Waals surface area contributed by atoms with Crippen molar-refractivity contribution in [1.82, 2.24) is 9.97 Å². The van der Waals surface area contributed by atoms with Crippen LogP contribution in [0.15, 0.2) is 42.2 Å². The molecule has 0 atom stereocenters. The minimum absolute atomic E-state index is 0.0314. The van der Waals surface area contributed by atoms with Crippen molar-refractivity contribution in [2.45, 2.75) is 6.92 Å². The minimum atomic E-state index is -0.376. The number of fused-ring (bicyclic) bond motifs is 1. The van der Waals surface area contributed by atoms with Crippen molar-refractivity contribution >= 4 is 39.7 Å². The molecule has 1 aliphatic rings. The summed E-state index contributed by atoms with van der Waals surface area (Å²) in [5, 5.41) is 19.5. The van der Waals surface area contributed by atoms with E-state index in [1.165, 1.54) is 12.1 Å². The Balaban J connectivity index is 1.76. The lowest BCUT2D eigenvalue weighted by Crippen LogP contribution is -2.27. The van der Waals surface area contributed by atoms with Crippen LogP contribution in [0.1, 0.15) is 11.4 Å². The molecule has 0 bridgehead atoms. The highest BCUT2D eigenvalue weighted by Crippen LogP contribution is 2.33. The van der Waals surface area contributed by atoms with E-state index in [4.69, 9.17) is 17.0 Å².